The summed E-state index contributed by atoms with van der Waals surface area (Å²) in [6, 6.07) is 5.85. The summed E-state index contributed by atoms with van der Waals surface area (Å²) in [5.74, 6) is 0.509. The number of nitrogens with one attached hydrogen (secondary N) is 1. The molecule has 2 aromatic rings. The molecule has 0 saturated carbocycles. The van der Waals surface area contributed by atoms with E-state index in [2.05, 4.69) is 5.32 Å². The summed E-state index contributed by atoms with van der Waals surface area (Å²) in [5, 5.41) is 8.15. The first-order chi connectivity index (χ1) is 7.72. The molecule has 0 aliphatic heterocycles. The van der Waals surface area contributed by atoms with Crippen molar-refractivity contribution in [3.05, 3.63) is 45.1 Å². The molecule has 0 unspecified atom stereocenters. The van der Waals surface area contributed by atoms with Gasteiger partial charge in [-0.3, -0.25) is 0 Å². The van der Waals surface area contributed by atoms with Crippen LogP contribution in [0.5, 0.6) is 0 Å². The number of aryl methyl sites for hydroxylation is 1. The molecule has 4 heteroatoms. The number of hydrogen-bond acceptors (Lipinski definition) is 2. The molecule has 0 spiro atoms. The molecule has 2 rings (SSSR count). The lowest BCUT2D eigenvalue weighted by Gasteiger charge is -2.11. The number of para-hydroxylation sites is 1. The minimum Gasteiger partial charge on any atom is -0.353 e. The number of alkyl halides is 1. The molecule has 0 saturated heterocycles. The van der Waals surface area contributed by atoms with Gasteiger partial charge in [-0.25, -0.2) is 0 Å². The highest BCUT2D eigenvalue weighted by Crippen LogP contribution is 2.32. The molecule has 1 aromatic heterocycles. The van der Waals surface area contributed by atoms with Crippen LogP contribution in [0, 0.1) is 6.92 Å². The minimum atomic E-state index is 0.509. The summed E-state index contributed by atoms with van der Waals surface area (Å²) in [5.41, 5.74) is 4.22. The highest BCUT2D eigenvalue weighted by atomic mass is 35.5. The minimum absolute atomic E-state index is 0.509. The Balaban J connectivity index is 2.34. The molecule has 0 aliphatic carbocycles. The van der Waals surface area contributed by atoms with Gasteiger partial charge in [-0.2, -0.15) is 0 Å². The third kappa shape index (κ3) is 2.34. The molecule has 0 atom stereocenters. The maximum absolute atomic E-state index is 6.15. The van der Waals surface area contributed by atoms with E-state index in [1.54, 1.807) is 11.3 Å². The fourth-order valence-electron chi connectivity index (χ4n) is 1.46. The Morgan fingerprint density at radius 3 is 2.81 bits per heavy atom. The molecule has 16 heavy (non-hydrogen) atoms. The molecule has 1 nitrogen and oxygen atoms in total. The summed E-state index contributed by atoms with van der Waals surface area (Å²) in [4.78, 5) is 0. The van der Waals surface area contributed by atoms with Gasteiger partial charge in [0, 0.05) is 10.9 Å². The average Bonchev–Trinajstić information content (AvgIpc) is 2.71. The van der Waals surface area contributed by atoms with Gasteiger partial charge in [-0.05, 0) is 23.9 Å². The van der Waals surface area contributed by atoms with Crippen LogP contribution in [0.2, 0.25) is 5.02 Å². The van der Waals surface area contributed by atoms with E-state index in [0.29, 0.717) is 5.88 Å². The van der Waals surface area contributed by atoms with Crippen LogP contribution in [0.25, 0.3) is 0 Å². The van der Waals surface area contributed by atoms with E-state index in [1.807, 2.05) is 35.9 Å². The Bertz CT molecular complexity index is 473. The second-order valence-electron chi connectivity index (χ2n) is 3.50. The van der Waals surface area contributed by atoms with Gasteiger partial charge in [0.2, 0.25) is 0 Å². The quantitative estimate of drug-likeness (QED) is 0.758. The molecule has 84 valence electrons. The first kappa shape index (κ1) is 11.8. The second kappa shape index (κ2) is 5.09. The number of halogens is 2. The maximum Gasteiger partial charge on any atom is 0.0643 e. The molecule has 1 heterocycles. The molecule has 0 aliphatic rings. The Kier molecular flexibility index (Phi) is 3.74. The molecular formula is C12H11Cl2NS. The third-order valence-corrected chi connectivity index (χ3v) is 3.76. The van der Waals surface area contributed by atoms with Gasteiger partial charge in [0.1, 0.15) is 0 Å². The molecular weight excluding hydrogens is 261 g/mol. The standard InChI is InChI=1S/C12H11Cl2NS/c1-8-3-2-4-10(14)12(8)15-11-7-16-6-9(11)5-13/h2-4,6-7,15H,5H2,1H3. The van der Waals surface area contributed by atoms with E-state index in [-0.39, 0.29) is 0 Å². The number of rotatable bonds is 3. The second-order valence-corrected chi connectivity index (χ2v) is 4.92. The van der Waals surface area contributed by atoms with Crippen LogP contribution >= 0.6 is 34.5 Å². The lowest BCUT2D eigenvalue weighted by molar-refractivity contribution is 1.39. The van der Waals surface area contributed by atoms with Gasteiger partial charge in [-0.1, -0.05) is 23.7 Å². The Morgan fingerprint density at radius 1 is 1.31 bits per heavy atom. The van der Waals surface area contributed by atoms with Crippen molar-refractivity contribution in [1.82, 2.24) is 0 Å². The molecule has 1 N–H and O–H groups in total. The number of thiophene rings is 1. The SMILES string of the molecule is Cc1cccc(Cl)c1Nc1cscc1CCl. The number of anilines is 2. The average molecular weight is 272 g/mol. The van der Waals surface area contributed by atoms with E-state index in [0.717, 1.165) is 27.5 Å². The summed E-state index contributed by atoms with van der Waals surface area (Å²) in [7, 11) is 0. The highest BCUT2D eigenvalue weighted by Gasteiger charge is 2.07. The van der Waals surface area contributed by atoms with Gasteiger partial charge in [-0.15, -0.1) is 22.9 Å². The van der Waals surface area contributed by atoms with Crippen molar-refractivity contribution in [3.63, 3.8) is 0 Å². The Labute approximate surface area is 109 Å². The van der Waals surface area contributed by atoms with Gasteiger partial charge in [0.05, 0.1) is 22.3 Å². The normalized spacial score (nSPS) is 10.4. The van der Waals surface area contributed by atoms with Gasteiger partial charge in [0.25, 0.3) is 0 Å². The topological polar surface area (TPSA) is 12.0 Å². The lowest BCUT2D eigenvalue weighted by Crippen LogP contribution is -1.94. The lowest BCUT2D eigenvalue weighted by atomic mass is 10.2. The Hall–Kier alpha value is -0.700. The van der Waals surface area contributed by atoms with Crippen LogP contribution in [0.1, 0.15) is 11.1 Å². The van der Waals surface area contributed by atoms with E-state index >= 15 is 0 Å². The van der Waals surface area contributed by atoms with Crippen molar-refractivity contribution in [3.8, 4) is 0 Å². The largest absolute Gasteiger partial charge is 0.353 e. The zero-order chi connectivity index (χ0) is 11.5. The van der Waals surface area contributed by atoms with E-state index < -0.39 is 0 Å². The highest BCUT2D eigenvalue weighted by molar-refractivity contribution is 7.08. The third-order valence-electron chi connectivity index (χ3n) is 2.37. The predicted molar refractivity (Wildman–Crippen MR) is 73.3 cm³/mol. The number of benzene rings is 1. The smallest absolute Gasteiger partial charge is 0.0643 e. The van der Waals surface area contributed by atoms with Crippen molar-refractivity contribution < 1.29 is 0 Å². The van der Waals surface area contributed by atoms with Crippen LogP contribution in [0.4, 0.5) is 11.4 Å². The maximum atomic E-state index is 6.15. The molecule has 0 radical (unpaired) electrons. The molecule has 0 amide bonds. The van der Waals surface area contributed by atoms with Crippen molar-refractivity contribution in [1.29, 1.82) is 0 Å². The zero-order valence-corrected chi connectivity index (χ0v) is 11.1. The molecule has 0 bridgehead atoms. The van der Waals surface area contributed by atoms with Gasteiger partial charge >= 0.3 is 0 Å². The molecule has 1 aromatic carbocycles. The summed E-state index contributed by atoms with van der Waals surface area (Å²) >= 11 is 13.6. The van der Waals surface area contributed by atoms with Crippen LogP contribution in [-0.2, 0) is 5.88 Å². The van der Waals surface area contributed by atoms with Crippen molar-refractivity contribution in [2.45, 2.75) is 12.8 Å². The Morgan fingerprint density at radius 2 is 2.12 bits per heavy atom. The van der Waals surface area contributed by atoms with E-state index in [9.17, 15) is 0 Å². The van der Waals surface area contributed by atoms with Gasteiger partial charge in [0.15, 0.2) is 0 Å². The summed E-state index contributed by atoms with van der Waals surface area (Å²) in [6.45, 7) is 2.03. The number of hydrogen-bond donors (Lipinski definition) is 1. The van der Waals surface area contributed by atoms with Crippen LogP contribution < -0.4 is 5.32 Å². The van der Waals surface area contributed by atoms with Crippen LogP contribution in [-0.4, -0.2) is 0 Å². The van der Waals surface area contributed by atoms with Crippen molar-refractivity contribution in [2.24, 2.45) is 0 Å². The summed E-state index contributed by atoms with van der Waals surface area (Å²) in [6.07, 6.45) is 0. The fraction of sp³-hybridized carbons (Fsp3) is 0.167. The monoisotopic (exact) mass is 271 g/mol. The van der Waals surface area contributed by atoms with Crippen molar-refractivity contribution in [2.75, 3.05) is 5.32 Å². The predicted octanol–water partition coefficient (Wildman–Crippen LogP) is 5.19. The fourth-order valence-corrected chi connectivity index (χ4v) is 2.83. The first-order valence-corrected chi connectivity index (χ1v) is 6.71. The van der Waals surface area contributed by atoms with E-state index in [4.69, 9.17) is 23.2 Å². The van der Waals surface area contributed by atoms with Crippen LogP contribution in [0.3, 0.4) is 0 Å². The summed E-state index contributed by atoms with van der Waals surface area (Å²) < 4.78 is 0. The molecule has 0 fully saturated rings. The van der Waals surface area contributed by atoms with E-state index in [1.165, 1.54) is 0 Å². The van der Waals surface area contributed by atoms with Gasteiger partial charge < -0.3 is 5.32 Å². The zero-order valence-electron chi connectivity index (χ0n) is 8.76. The van der Waals surface area contributed by atoms with Crippen molar-refractivity contribution >= 4 is 45.9 Å². The van der Waals surface area contributed by atoms with Crippen LogP contribution in [0.15, 0.2) is 29.0 Å². The first-order valence-electron chi connectivity index (χ1n) is 4.85.